The molecule has 0 saturated carbocycles. The van der Waals surface area contributed by atoms with Crippen molar-refractivity contribution in [3.05, 3.63) is 51.3 Å². The van der Waals surface area contributed by atoms with Gasteiger partial charge in [-0.1, -0.05) is 24.3 Å². The molecule has 0 aliphatic heterocycles. The number of halogens is 1. The third-order valence-corrected chi connectivity index (χ3v) is 7.43. The smallest absolute Gasteiger partial charge is 0.251 e. The van der Waals surface area contributed by atoms with E-state index in [0.29, 0.717) is 10.9 Å². The fourth-order valence-electron chi connectivity index (χ4n) is 2.41. The van der Waals surface area contributed by atoms with E-state index in [1.54, 1.807) is 11.4 Å². The van der Waals surface area contributed by atoms with Crippen LogP contribution in [0.15, 0.2) is 44.4 Å². The Morgan fingerprint density at radius 3 is 2.75 bits per heavy atom. The van der Waals surface area contributed by atoms with Crippen LogP contribution >= 0.6 is 27.3 Å². The van der Waals surface area contributed by atoms with Crippen molar-refractivity contribution in [2.75, 3.05) is 0 Å². The van der Waals surface area contributed by atoms with Crippen LogP contribution < -0.4 is 4.72 Å². The Morgan fingerprint density at radius 2 is 2.05 bits per heavy atom. The summed E-state index contributed by atoms with van der Waals surface area (Å²) in [6, 6.07) is 8.59. The maximum atomic E-state index is 12.4. The maximum Gasteiger partial charge on any atom is 0.251 e. The highest BCUT2D eigenvalue weighted by Gasteiger charge is 2.35. The van der Waals surface area contributed by atoms with Crippen LogP contribution in [-0.2, 0) is 16.4 Å². The molecule has 0 radical (unpaired) electrons. The zero-order valence-electron chi connectivity index (χ0n) is 10.3. The molecular weight excluding hydrogens is 362 g/mol. The van der Waals surface area contributed by atoms with Crippen LogP contribution in [0.3, 0.4) is 0 Å². The van der Waals surface area contributed by atoms with Gasteiger partial charge in [-0.15, -0.1) is 11.3 Å². The number of thiophene rings is 1. The molecule has 0 bridgehead atoms. The van der Waals surface area contributed by atoms with Gasteiger partial charge in [0.2, 0.25) is 0 Å². The summed E-state index contributed by atoms with van der Waals surface area (Å²) in [6.07, 6.45) is -0.268. The van der Waals surface area contributed by atoms with Crippen LogP contribution in [-0.4, -0.2) is 19.6 Å². The molecule has 0 amide bonds. The summed E-state index contributed by atoms with van der Waals surface area (Å²) in [4.78, 5) is 0. The van der Waals surface area contributed by atoms with Crippen molar-refractivity contribution in [1.29, 1.82) is 0 Å². The minimum atomic E-state index is -3.65. The lowest BCUT2D eigenvalue weighted by Crippen LogP contribution is -2.33. The topological polar surface area (TPSA) is 66.4 Å². The fraction of sp³-hybridized carbons (Fsp3) is 0.231. The van der Waals surface area contributed by atoms with Crippen LogP contribution in [0.1, 0.15) is 17.2 Å². The maximum absolute atomic E-state index is 12.4. The van der Waals surface area contributed by atoms with Gasteiger partial charge in [0.05, 0.1) is 12.1 Å². The summed E-state index contributed by atoms with van der Waals surface area (Å²) in [5.41, 5.74) is 1.83. The number of benzene rings is 1. The van der Waals surface area contributed by atoms with Gasteiger partial charge < -0.3 is 5.11 Å². The second-order valence-electron chi connectivity index (χ2n) is 4.63. The SMILES string of the molecule is O=S(=O)(N[C@H]1c2ccccc2C[C@H]1O)c1sccc1Br. The Hall–Kier alpha value is -0.730. The molecule has 1 aromatic heterocycles. The van der Waals surface area contributed by atoms with Gasteiger partial charge in [0.15, 0.2) is 0 Å². The molecule has 0 saturated heterocycles. The summed E-state index contributed by atoms with van der Waals surface area (Å²) in [6.45, 7) is 0. The molecule has 2 aromatic rings. The zero-order valence-corrected chi connectivity index (χ0v) is 13.5. The molecule has 2 atom stereocenters. The fourth-order valence-corrected chi connectivity index (χ4v) is 6.01. The Bertz CT molecular complexity index is 742. The summed E-state index contributed by atoms with van der Waals surface area (Å²) in [7, 11) is -3.65. The van der Waals surface area contributed by atoms with Crippen LogP contribution in [0.25, 0.3) is 0 Å². The molecule has 0 unspecified atom stereocenters. The first-order valence-corrected chi connectivity index (χ1v) is 9.16. The van der Waals surface area contributed by atoms with E-state index in [-0.39, 0.29) is 4.21 Å². The highest BCUT2D eigenvalue weighted by atomic mass is 79.9. The Labute approximate surface area is 129 Å². The normalized spacial score (nSPS) is 21.9. The molecule has 106 valence electrons. The summed E-state index contributed by atoms with van der Waals surface area (Å²) >= 11 is 4.37. The van der Waals surface area contributed by atoms with E-state index in [0.717, 1.165) is 22.5 Å². The monoisotopic (exact) mass is 373 g/mol. The lowest BCUT2D eigenvalue weighted by Gasteiger charge is -2.17. The van der Waals surface area contributed by atoms with Gasteiger partial charge in [0.1, 0.15) is 4.21 Å². The number of hydrogen-bond acceptors (Lipinski definition) is 4. The molecule has 20 heavy (non-hydrogen) atoms. The van der Waals surface area contributed by atoms with E-state index in [1.807, 2.05) is 24.3 Å². The number of rotatable bonds is 3. The first-order valence-electron chi connectivity index (χ1n) is 6.00. The molecule has 4 nitrogen and oxygen atoms in total. The number of aliphatic hydroxyl groups is 1. The average Bonchev–Trinajstić information content (AvgIpc) is 2.95. The molecule has 0 spiro atoms. The first kappa shape index (κ1) is 14.2. The van der Waals surface area contributed by atoms with Crippen molar-refractivity contribution >= 4 is 37.3 Å². The number of aliphatic hydroxyl groups excluding tert-OH is 1. The predicted octanol–water partition coefficient (Wildman–Crippen LogP) is 2.45. The number of nitrogens with one attached hydrogen (secondary N) is 1. The largest absolute Gasteiger partial charge is 0.391 e. The highest BCUT2D eigenvalue weighted by Crippen LogP contribution is 2.34. The Balaban J connectivity index is 1.94. The molecule has 2 N–H and O–H groups in total. The Kier molecular flexibility index (Phi) is 3.72. The quantitative estimate of drug-likeness (QED) is 0.868. The van der Waals surface area contributed by atoms with Gasteiger partial charge in [-0.3, -0.25) is 0 Å². The van der Waals surface area contributed by atoms with Crippen LogP contribution in [0.5, 0.6) is 0 Å². The second kappa shape index (κ2) is 5.23. The van der Waals surface area contributed by atoms with E-state index >= 15 is 0 Å². The minimum Gasteiger partial charge on any atom is -0.391 e. The number of fused-ring (bicyclic) bond motifs is 1. The van der Waals surface area contributed by atoms with Gasteiger partial charge in [-0.25, -0.2) is 13.1 Å². The molecule has 3 rings (SSSR count). The van der Waals surface area contributed by atoms with Gasteiger partial charge in [-0.05, 0) is 38.5 Å². The first-order chi connectivity index (χ1) is 9.49. The van der Waals surface area contributed by atoms with E-state index in [9.17, 15) is 13.5 Å². The lowest BCUT2D eigenvalue weighted by molar-refractivity contribution is 0.151. The molecule has 0 fully saturated rings. The van der Waals surface area contributed by atoms with E-state index in [1.165, 1.54) is 0 Å². The standard InChI is InChI=1S/C13H12BrNO3S2/c14-10-5-6-19-13(10)20(17,18)15-12-9-4-2-1-3-8(9)7-11(12)16/h1-6,11-12,15-16H,7H2/t11-,12+/m1/s1. The minimum absolute atomic E-state index is 0.231. The van der Waals surface area contributed by atoms with Gasteiger partial charge in [-0.2, -0.15) is 0 Å². The second-order valence-corrected chi connectivity index (χ2v) is 8.30. The van der Waals surface area contributed by atoms with Crippen LogP contribution in [0, 0.1) is 0 Å². The van der Waals surface area contributed by atoms with Crippen molar-refractivity contribution in [3.63, 3.8) is 0 Å². The molecule has 1 aliphatic carbocycles. The zero-order chi connectivity index (χ0) is 14.3. The lowest BCUT2D eigenvalue weighted by atomic mass is 10.1. The predicted molar refractivity (Wildman–Crippen MR) is 81.2 cm³/mol. The highest BCUT2D eigenvalue weighted by molar-refractivity contribution is 9.10. The van der Waals surface area contributed by atoms with E-state index < -0.39 is 22.2 Å². The summed E-state index contributed by atoms with van der Waals surface area (Å²) < 4.78 is 28.1. The number of hydrogen-bond donors (Lipinski definition) is 2. The van der Waals surface area contributed by atoms with Crippen molar-refractivity contribution in [2.24, 2.45) is 0 Å². The van der Waals surface area contributed by atoms with Crippen molar-refractivity contribution < 1.29 is 13.5 Å². The van der Waals surface area contributed by atoms with Crippen molar-refractivity contribution in [1.82, 2.24) is 4.72 Å². The van der Waals surface area contributed by atoms with E-state index in [2.05, 4.69) is 20.7 Å². The summed E-state index contributed by atoms with van der Waals surface area (Å²) in [5, 5.41) is 11.8. The Morgan fingerprint density at radius 1 is 1.30 bits per heavy atom. The van der Waals surface area contributed by atoms with Gasteiger partial charge in [0, 0.05) is 10.9 Å². The molecule has 1 aliphatic rings. The van der Waals surface area contributed by atoms with E-state index in [4.69, 9.17) is 0 Å². The third kappa shape index (κ3) is 2.44. The van der Waals surface area contributed by atoms with Crippen molar-refractivity contribution in [2.45, 2.75) is 22.8 Å². The van der Waals surface area contributed by atoms with Crippen molar-refractivity contribution in [3.8, 4) is 0 Å². The van der Waals surface area contributed by atoms with Gasteiger partial charge in [0.25, 0.3) is 10.0 Å². The number of sulfonamides is 1. The summed E-state index contributed by atoms with van der Waals surface area (Å²) in [5.74, 6) is 0. The average molecular weight is 374 g/mol. The molecular formula is C13H12BrNO3S2. The van der Waals surface area contributed by atoms with Crippen LogP contribution in [0.4, 0.5) is 0 Å². The van der Waals surface area contributed by atoms with Gasteiger partial charge >= 0.3 is 0 Å². The molecule has 1 aromatic carbocycles. The molecule has 1 heterocycles. The van der Waals surface area contributed by atoms with Crippen LogP contribution in [0.2, 0.25) is 0 Å². The third-order valence-electron chi connectivity index (χ3n) is 3.31. The molecule has 7 heteroatoms.